The monoisotopic (exact) mass is 528 g/mol. The number of hydrogen-bond donors (Lipinski definition) is 2. The Morgan fingerprint density at radius 2 is 1.97 bits per heavy atom. The Kier molecular flexibility index (Phi) is 10.5. The predicted octanol–water partition coefficient (Wildman–Crippen LogP) is 6.59. The molecule has 1 atom stereocenters. The van der Waals surface area contributed by atoms with Crippen molar-refractivity contribution in [3.05, 3.63) is 52.5 Å². The van der Waals surface area contributed by atoms with Gasteiger partial charge in [0.1, 0.15) is 16.6 Å². The normalized spacial score (nSPS) is 17.9. The molecular weight excluding hydrogens is 491 g/mol. The Balaban J connectivity index is 0.000000266. The van der Waals surface area contributed by atoms with Gasteiger partial charge < -0.3 is 9.84 Å². The van der Waals surface area contributed by atoms with Gasteiger partial charge in [-0.15, -0.1) is 10.2 Å². The van der Waals surface area contributed by atoms with Crippen LogP contribution in [0.15, 0.2) is 30.5 Å². The van der Waals surface area contributed by atoms with Crippen LogP contribution < -0.4 is 10.1 Å². The SMILES string of the molecule is CCC(C)CC1CCC(O)CC1.COc1cccc(F)c1-c1cc(C)ncc1C(=O)Nc1nnc(C)s1. The standard InChI is InChI=1S/C17H15FN4O2S.C11H22O/c1-9-7-11(15-13(18)5-4-6-14(15)24-3)12(8-19-9)16(23)20-17-22-21-10(2)25-17;1-3-9(2)8-10-4-6-11(12)7-5-10/h4-8H,1-3H3,(H,20,22,23);9-12H,3-8H2,1-2H3. The average Bonchev–Trinajstić information content (AvgIpc) is 3.29. The summed E-state index contributed by atoms with van der Waals surface area (Å²) in [5, 5.41) is 20.8. The maximum absolute atomic E-state index is 14.5. The van der Waals surface area contributed by atoms with Crippen molar-refractivity contribution in [2.45, 2.75) is 72.3 Å². The van der Waals surface area contributed by atoms with E-state index in [4.69, 9.17) is 4.74 Å². The van der Waals surface area contributed by atoms with E-state index < -0.39 is 11.7 Å². The maximum atomic E-state index is 14.5. The van der Waals surface area contributed by atoms with Gasteiger partial charge in [0.15, 0.2) is 0 Å². The van der Waals surface area contributed by atoms with Crippen LogP contribution >= 0.6 is 11.3 Å². The van der Waals surface area contributed by atoms with Crippen LogP contribution in [0.3, 0.4) is 0 Å². The van der Waals surface area contributed by atoms with Crippen molar-refractivity contribution >= 4 is 22.4 Å². The molecule has 7 nitrogen and oxygen atoms in total. The molecule has 37 heavy (non-hydrogen) atoms. The fourth-order valence-corrected chi connectivity index (χ4v) is 5.10. The van der Waals surface area contributed by atoms with Crippen LogP contribution in [-0.4, -0.2) is 39.4 Å². The second kappa shape index (κ2) is 13.6. The Bertz CT molecular complexity index is 1180. The highest BCUT2D eigenvalue weighted by molar-refractivity contribution is 7.15. The number of nitrogens with one attached hydrogen (secondary N) is 1. The summed E-state index contributed by atoms with van der Waals surface area (Å²) in [5.41, 5.74) is 1.50. The van der Waals surface area contributed by atoms with E-state index in [-0.39, 0.29) is 17.2 Å². The molecule has 9 heteroatoms. The van der Waals surface area contributed by atoms with Crippen molar-refractivity contribution in [3.8, 4) is 16.9 Å². The zero-order chi connectivity index (χ0) is 26.9. The lowest BCUT2D eigenvalue weighted by Crippen LogP contribution is -2.19. The molecule has 2 N–H and O–H groups in total. The lowest BCUT2D eigenvalue weighted by Gasteiger charge is -2.27. The number of anilines is 1. The summed E-state index contributed by atoms with van der Waals surface area (Å²) in [5.74, 6) is 1.20. The second-order valence-corrected chi connectivity index (χ2v) is 10.9. The van der Waals surface area contributed by atoms with Crippen molar-refractivity contribution in [2.24, 2.45) is 11.8 Å². The van der Waals surface area contributed by atoms with Crippen LogP contribution in [0.25, 0.3) is 11.1 Å². The van der Waals surface area contributed by atoms with Crippen LogP contribution in [0.4, 0.5) is 9.52 Å². The quantitative estimate of drug-likeness (QED) is 0.359. The molecule has 1 saturated carbocycles. The number of hydrogen-bond acceptors (Lipinski definition) is 7. The minimum atomic E-state index is -0.481. The number of halogens is 1. The Morgan fingerprint density at radius 1 is 1.24 bits per heavy atom. The largest absolute Gasteiger partial charge is 0.496 e. The number of methoxy groups -OCH3 is 1. The fraction of sp³-hybridized carbons (Fsp3) is 0.500. The van der Waals surface area contributed by atoms with Gasteiger partial charge in [-0.05, 0) is 76.0 Å². The molecule has 3 aromatic rings. The summed E-state index contributed by atoms with van der Waals surface area (Å²) >= 11 is 1.25. The van der Waals surface area contributed by atoms with E-state index in [1.54, 1.807) is 32.0 Å². The molecule has 2 heterocycles. The third-order valence-electron chi connectivity index (χ3n) is 6.75. The summed E-state index contributed by atoms with van der Waals surface area (Å²) in [6.45, 7) is 8.16. The predicted molar refractivity (Wildman–Crippen MR) is 146 cm³/mol. The van der Waals surface area contributed by atoms with Gasteiger partial charge in [0.2, 0.25) is 5.13 Å². The highest BCUT2D eigenvalue weighted by Crippen LogP contribution is 2.35. The number of ether oxygens (including phenoxy) is 1. The lowest BCUT2D eigenvalue weighted by molar-refractivity contribution is 0.102. The van der Waals surface area contributed by atoms with E-state index in [9.17, 15) is 14.3 Å². The van der Waals surface area contributed by atoms with Crippen LogP contribution in [0.2, 0.25) is 0 Å². The lowest BCUT2D eigenvalue weighted by atomic mass is 9.81. The molecule has 0 aliphatic heterocycles. The summed E-state index contributed by atoms with van der Waals surface area (Å²) in [4.78, 5) is 16.8. The van der Waals surface area contributed by atoms with E-state index in [2.05, 4.69) is 34.3 Å². The number of rotatable bonds is 7. The first-order valence-corrected chi connectivity index (χ1v) is 13.6. The molecule has 0 spiro atoms. The van der Waals surface area contributed by atoms with Crippen molar-refractivity contribution in [1.82, 2.24) is 15.2 Å². The number of carbonyl (C=O) groups excluding carboxylic acids is 1. The third-order valence-corrected chi connectivity index (χ3v) is 7.50. The van der Waals surface area contributed by atoms with Gasteiger partial charge in [-0.3, -0.25) is 15.1 Å². The molecule has 1 unspecified atom stereocenters. The van der Waals surface area contributed by atoms with Crippen molar-refractivity contribution < 1.29 is 19.0 Å². The summed E-state index contributed by atoms with van der Waals surface area (Å²) in [6, 6.07) is 6.17. The first kappa shape index (κ1) is 28.7. The number of nitrogens with zero attached hydrogens (tertiary/aromatic N) is 3. The number of aromatic nitrogens is 3. The van der Waals surface area contributed by atoms with E-state index in [0.29, 0.717) is 22.1 Å². The number of aliphatic hydroxyl groups excluding tert-OH is 1. The summed E-state index contributed by atoms with van der Waals surface area (Å²) in [6.07, 6.45) is 8.71. The molecule has 2 aromatic heterocycles. The molecule has 1 aromatic carbocycles. The Morgan fingerprint density at radius 3 is 2.59 bits per heavy atom. The van der Waals surface area contributed by atoms with Crippen molar-refractivity contribution in [2.75, 3.05) is 12.4 Å². The molecular formula is C28H37FN4O3S. The van der Waals surface area contributed by atoms with Crippen molar-refractivity contribution in [3.63, 3.8) is 0 Å². The highest BCUT2D eigenvalue weighted by atomic mass is 32.1. The van der Waals surface area contributed by atoms with E-state index in [0.717, 1.165) is 29.7 Å². The number of aliphatic hydroxyl groups is 1. The zero-order valence-electron chi connectivity index (χ0n) is 22.3. The van der Waals surface area contributed by atoms with Gasteiger partial charge in [-0.1, -0.05) is 37.7 Å². The Hall–Kier alpha value is -2.91. The van der Waals surface area contributed by atoms with Crippen LogP contribution in [0.5, 0.6) is 5.75 Å². The van der Waals surface area contributed by atoms with Crippen LogP contribution in [0.1, 0.15) is 73.4 Å². The Labute approximate surface area is 222 Å². The first-order chi connectivity index (χ1) is 17.7. The van der Waals surface area contributed by atoms with Gasteiger partial charge in [0.05, 0.1) is 24.3 Å². The van der Waals surface area contributed by atoms with Crippen LogP contribution in [-0.2, 0) is 0 Å². The van der Waals surface area contributed by atoms with E-state index in [1.807, 2.05) is 0 Å². The molecule has 1 fully saturated rings. The first-order valence-electron chi connectivity index (χ1n) is 12.8. The molecule has 1 amide bonds. The molecule has 0 radical (unpaired) electrons. The minimum absolute atomic E-state index is 0.0122. The van der Waals surface area contributed by atoms with Gasteiger partial charge in [-0.25, -0.2) is 4.39 Å². The molecule has 0 saturated heterocycles. The number of amides is 1. The van der Waals surface area contributed by atoms with Crippen molar-refractivity contribution in [1.29, 1.82) is 0 Å². The fourth-order valence-electron chi connectivity index (χ4n) is 4.51. The summed E-state index contributed by atoms with van der Waals surface area (Å²) < 4.78 is 19.7. The number of pyridine rings is 1. The molecule has 4 rings (SSSR count). The third kappa shape index (κ3) is 8.04. The molecule has 1 aliphatic carbocycles. The minimum Gasteiger partial charge on any atom is -0.496 e. The number of carbonyl (C=O) groups is 1. The maximum Gasteiger partial charge on any atom is 0.259 e. The van der Waals surface area contributed by atoms with Gasteiger partial charge in [0.25, 0.3) is 5.91 Å². The van der Waals surface area contributed by atoms with Crippen LogP contribution in [0, 0.1) is 31.5 Å². The average molecular weight is 529 g/mol. The molecule has 200 valence electrons. The molecule has 0 bridgehead atoms. The van der Waals surface area contributed by atoms with Gasteiger partial charge >= 0.3 is 0 Å². The highest BCUT2D eigenvalue weighted by Gasteiger charge is 2.22. The number of benzene rings is 1. The second-order valence-electron chi connectivity index (χ2n) is 9.69. The van der Waals surface area contributed by atoms with E-state index in [1.165, 1.54) is 56.4 Å². The summed E-state index contributed by atoms with van der Waals surface area (Å²) in [7, 11) is 1.45. The van der Waals surface area contributed by atoms with Gasteiger partial charge in [0, 0.05) is 17.5 Å². The smallest absolute Gasteiger partial charge is 0.259 e. The topological polar surface area (TPSA) is 97.2 Å². The molecule has 1 aliphatic rings. The zero-order valence-corrected chi connectivity index (χ0v) is 23.1. The van der Waals surface area contributed by atoms with E-state index >= 15 is 0 Å². The number of aryl methyl sites for hydroxylation is 2. The van der Waals surface area contributed by atoms with Gasteiger partial charge in [-0.2, -0.15) is 0 Å².